The van der Waals surface area contributed by atoms with Crippen molar-refractivity contribution < 1.29 is 18.7 Å². The summed E-state index contributed by atoms with van der Waals surface area (Å²) in [6.45, 7) is 12.3. The molecule has 3 saturated carbocycles. The van der Waals surface area contributed by atoms with Crippen molar-refractivity contribution in [3.63, 3.8) is 0 Å². The van der Waals surface area contributed by atoms with Crippen LogP contribution in [0.25, 0.3) is 11.0 Å². The Kier molecular flexibility index (Phi) is 9.15. The van der Waals surface area contributed by atoms with Gasteiger partial charge < -0.3 is 13.9 Å². The lowest BCUT2D eigenvalue weighted by molar-refractivity contribution is -0.154. The highest BCUT2D eigenvalue weighted by molar-refractivity contribution is 5.83. The monoisotopic (exact) mass is 642 g/mol. The number of carbonyl (C=O) groups excluding carboxylic acids is 1. The summed E-state index contributed by atoms with van der Waals surface area (Å²) in [5.41, 5.74) is 4.46. The minimum atomic E-state index is -0.327. The maximum atomic E-state index is 12.9. The first-order valence-electron chi connectivity index (χ1n) is 19.1. The van der Waals surface area contributed by atoms with Gasteiger partial charge in [0.25, 0.3) is 0 Å². The number of fused-ring (bicyclic) bond motifs is 8. The number of hydrogen-bond donors (Lipinski definition) is 0. The molecule has 2 aromatic rings. The van der Waals surface area contributed by atoms with Crippen molar-refractivity contribution in [3.05, 3.63) is 51.4 Å². The van der Waals surface area contributed by atoms with Gasteiger partial charge in [0, 0.05) is 23.4 Å². The number of carbonyl (C=O) groups is 1. The lowest BCUT2D eigenvalue weighted by Gasteiger charge is -2.61. The Bertz CT molecular complexity index is 1570. The normalized spacial score (nSPS) is 33.7. The molecule has 0 saturated heterocycles. The van der Waals surface area contributed by atoms with Crippen molar-refractivity contribution in [3.8, 4) is 5.75 Å². The van der Waals surface area contributed by atoms with E-state index in [1.165, 1.54) is 63.4 Å². The molecule has 1 heterocycles. The van der Waals surface area contributed by atoms with Gasteiger partial charge in [-0.15, -0.1) is 0 Å². The molecule has 256 valence electrons. The number of esters is 1. The maximum absolute atomic E-state index is 12.9. The Hall–Kier alpha value is -2.56. The van der Waals surface area contributed by atoms with Crippen molar-refractivity contribution in [1.82, 2.24) is 0 Å². The predicted octanol–water partition coefficient (Wildman–Crippen LogP) is 10.0. The van der Waals surface area contributed by atoms with E-state index >= 15 is 0 Å². The van der Waals surface area contributed by atoms with Crippen LogP contribution < -0.4 is 10.4 Å². The number of ether oxygens (including phenoxy) is 2. The Balaban J connectivity index is 0.940. The van der Waals surface area contributed by atoms with Crippen LogP contribution in [0.3, 0.4) is 0 Å². The van der Waals surface area contributed by atoms with Crippen molar-refractivity contribution in [1.29, 1.82) is 0 Å². The zero-order valence-corrected chi connectivity index (χ0v) is 29.7. The highest BCUT2D eigenvalue weighted by Gasteiger charge is 2.56. The first-order chi connectivity index (χ1) is 22.5. The molecule has 1 aromatic carbocycles. The summed E-state index contributed by atoms with van der Waals surface area (Å²) in [6.07, 6.45) is 20.4. The highest BCUT2D eigenvalue weighted by Crippen LogP contribution is 2.65. The van der Waals surface area contributed by atoms with Crippen LogP contribution in [0.2, 0.25) is 0 Å². The van der Waals surface area contributed by atoms with E-state index in [0.717, 1.165) is 90.5 Å². The summed E-state index contributed by atoms with van der Waals surface area (Å²) >= 11 is 0. The zero-order chi connectivity index (χ0) is 32.9. The third-order valence-corrected chi connectivity index (χ3v) is 14.0. The second kappa shape index (κ2) is 13.0. The van der Waals surface area contributed by atoms with Crippen molar-refractivity contribution >= 4 is 16.9 Å². The van der Waals surface area contributed by atoms with Crippen LogP contribution in [0.4, 0.5) is 0 Å². The average Bonchev–Trinajstić information content (AvgIpc) is 3.54. The Labute approximate surface area is 282 Å². The van der Waals surface area contributed by atoms with Crippen LogP contribution in [-0.2, 0) is 22.4 Å². The molecule has 0 N–H and O–H groups in total. The van der Waals surface area contributed by atoms with Gasteiger partial charge in [0.1, 0.15) is 17.4 Å². The van der Waals surface area contributed by atoms with E-state index in [1.54, 1.807) is 6.07 Å². The molecular weight excluding hydrogens is 584 g/mol. The van der Waals surface area contributed by atoms with Gasteiger partial charge in [0.15, 0.2) is 6.61 Å². The van der Waals surface area contributed by atoms with Gasteiger partial charge in [0.2, 0.25) is 0 Å². The fraction of sp³-hybridized carbons (Fsp3) is 0.714. The summed E-state index contributed by atoms with van der Waals surface area (Å²) in [6, 6.07) is 5.54. The molecular formula is C42H58O5. The van der Waals surface area contributed by atoms with Gasteiger partial charge in [-0.1, -0.05) is 65.5 Å². The van der Waals surface area contributed by atoms with E-state index in [1.807, 2.05) is 12.1 Å². The summed E-state index contributed by atoms with van der Waals surface area (Å²) < 4.78 is 17.4. The molecule has 5 nitrogen and oxygen atoms in total. The minimum absolute atomic E-state index is 0.0827. The van der Waals surface area contributed by atoms with Crippen LogP contribution >= 0.6 is 0 Å². The molecule has 3 fully saturated rings. The number of hydrogen-bond acceptors (Lipinski definition) is 5. The van der Waals surface area contributed by atoms with Gasteiger partial charge >= 0.3 is 11.6 Å². The van der Waals surface area contributed by atoms with Gasteiger partial charge in [-0.3, -0.25) is 0 Å². The molecule has 0 spiro atoms. The number of benzene rings is 1. The lowest BCUT2D eigenvalue weighted by atomic mass is 9.44. The smallest absolute Gasteiger partial charge is 0.344 e. The van der Waals surface area contributed by atoms with E-state index in [4.69, 9.17) is 13.9 Å². The number of allylic oxidation sites excluding steroid dienone is 1. The standard InChI is InChI=1S/C42H58O5/c1-26(2)8-6-9-27(3)28-12-17-36-35-15-13-29-22-31(18-21-42(29,5)37(35)19-20-41(36,4)24-28)46-39(43)25-45-30-14-16-33-32-10-7-11-34(32)40(44)47-38(33)23-30/h13-14,16,23,26-28,31,35-37H,6-12,15,17-22,24-25H2,1-5H3/t27-,28-,31-,35+,36-,37+,41+,42-/m0/s1. The van der Waals surface area contributed by atoms with Gasteiger partial charge in [-0.2, -0.15) is 0 Å². The molecule has 0 radical (unpaired) electrons. The van der Waals surface area contributed by atoms with Gasteiger partial charge in [-0.05, 0) is 135 Å². The lowest BCUT2D eigenvalue weighted by Crippen LogP contribution is -2.52. The van der Waals surface area contributed by atoms with E-state index in [9.17, 15) is 9.59 Å². The second-order valence-electron chi connectivity index (χ2n) is 17.3. The Morgan fingerprint density at radius 3 is 2.66 bits per heavy atom. The average molecular weight is 643 g/mol. The molecule has 0 bridgehead atoms. The van der Waals surface area contributed by atoms with E-state index in [2.05, 4.69) is 40.7 Å². The fourth-order valence-electron chi connectivity index (χ4n) is 11.3. The maximum Gasteiger partial charge on any atom is 0.344 e. The van der Waals surface area contributed by atoms with Crippen LogP contribution in [-0.4, -0.2) is 18.7 Å². The van der Waals surface area contributed by atoms with E-state index < -0.39 is 0 Å². The SMILES string of the molecule is CC(C)CCC[C@H](C)[C@H]1CC[C@H]2[C@H]3CC=C4C[C@@H](OC(=O)COc5ccc6c7c(c(=O)oc6c5)CCC7)CC[C@]4(C)[C@@H]3CC[C@]2(C)C1. The summed E-state index contributed by atoms with van der Waals surface area (Å²) in [5.74, 6) is 5.20. The second-order valence-corrected chi connectivity index (χ2v) is 17.3. The van der Waals surface area contributed by atoms with Crippen molar-refractivity contribution in [2.75, 3.05) is 6.61 Å². The molecule has 5 aliphatic rings. The third-order valence-electron chi connectivity index (χ3n) is 14.0. The van der Waals surface area contributed by atoms with Crippen molar-refractivity contribution in [2.45, 2.75) is 137 Å². The molecule has 0 amide bonds. The molecule has 0 unspecified atom stereocenters. The fourth-order valence-corrected chi connectivity index (χ4v) is 11.3. The first kappa shape index (κ1) is 33.0. The van der Waals surface area contributed by atoms with Gasteiger partial charge in [-0.25, -0.2) is 9.59 Å². The minimum Gasteiger partial charge on any atom is -0.482 e. The largest absolute Gasteiger partial charge is 0.482 e. The topological polar surface area (TPSA) is 65.7 Å². The molecule has 5 heteroatoms. The van der Waals surface area contributed by atoms with Crippen LogP contribution in [0.5, 0.6) is 5.75 Å². The van der Waals surface area contributed by atoms with E-state index in [-0.39, 0.29) is 29.7 Å². The third kappa shape index (κ3) is 6.34. The Morgan fingerprint density at radius 1 is 1.00 bits per heavy atom. The van der Waals surface area contributed by atoms with Crippen LogP contribution in [0.1, 0.15) is 129 Å². The summed E-state index contributed by atoms with van der Waals surface area (Å²) in [5, 5.41) is 0.970. The highest BCUT2D eigenvalue weighted by atomic mass is 16.6. The molecule has 7 rings (SSSR count). The van der Waals surface area contributed by atoms with Crippen LogP contribution in [0, 0.1) is 46.3 Å². The number of aryl methyl sites for hydroxylation is 1. The molecule has 0 aliphatic heterocycles. The summed E-state index contributed by atoms with van der Waals surface area (Å²) in [4.78, 5) is 25.3. The van der Waals surface area contributed by atoms with Crippen LogP contribution in [0.15, 0.2) is 39.1 Å². The summed E-state index contributed by atoms with van der Waals surface area (Å²) in [7, 11) is 0. The first-order valence-corrected chi connectivity index (χ1v) is 19.1. The molecule has 47 heavy (non-hydrogen) atoms. The molecule has 8 atom stereocenters. The van der Waals surface area contributed by atoms with Crippen molar-refractivity contribution in [2.24, 2.45) is 46.3 Å². The zero-order valence-electron chi connectivity index (χ0n) is 29.7. The van der Waals surface area contributed by atoms with Gasteiger partial charge in [0.05, 0.1) is 0 Å². The Morgan fingerprint density at radius 2 is 1.83 bits per heavy atom. The number of rotatable bonds is 9. The quantitative estimate of drug-likeness (QED) is 0.155. The predicted molar refractivity (Wildman–Crippen MR) is 188 cm³/mol. The van der Waals surface area contributed by atoms with E-state index in [0.29, 0.717) is 16.7 Å². The molecule has 5 aliphatic carbocycles. The molecule has 1 aromatic heterocycles.